The van der Waals surface area contributed by atoms with Crippen LogP contribution in [0.15, 0.2) is 19.6 Å². The van der Waals surface area contributed by atoms with Crippen LogP contribution in [0.4, 0.5) is 0 Å². The van der Waals surface area contributed by atoms with Gasteiger partial charge in [0.05, 0.1) is 0 Å². The van der Waals surface area contributed by atoms with Crippen molar-refractivity contribution in [3.8, 4) is 0 Å². The van der Waals surface area contributed by atoms with E-state index in [1.165, 1.54) is 10.2 Å². The van der Waals surface area contributed by atoms with Crippen molar-refractivity contribution in [3.05, 3.63) is 19.6 Å². The zero-order valence-corrected chi connectivity index (χ0v) is 14.0. The molecule has 12 heavy (non-hydrogen) atoms. The summed E-state index contributed by atoms with van der Waals surface area (Å²) in [5.41, 5.74) is 3.20. The summed E-state index contributed by atoms with van der Waals surface area (Å²) in [7, 11) is 1.24. The second kappa shape index (κ2) is 5.80. The fourth-order valence-electron chi connectivity index (χ4n) is 1.36. The van der Waals surface area contributed by atoms with Crippen LogP contribution in [0.3, 0.4) is 0 Å². The van der Waals surface area contributed by atoms with Gasteiger partial charge >= 0.3 is 81.3 Å². The predicted octanol–water partition coefficient (Wildman–Crippen LogP) is 1.94. The molecule has 0 nitrogen and oxygen atoms in total. The minimum Gasteiger partial charge on any atom is -0.147 e. The van der Waals surface area contributed by atoms with Crippen molar-refractivity contribution in [3.63, 3.8) is 0 Å². The van der Waals surface area contributed by atoms with Gasteiger partial charge in [-0.2, -0.15) is 0 Å². The van der Waals surface area contributed by atoms with E-state index in [1.54, 1.807) is 44.3 Å². The zero-order chi connectivity index (χ0) is 7.89. The normalized spacial score (nSPS) is 22.3. The minimum atomic E-state index is 0. The Hall–Kier alpha value is 1.16. The van der Waals surface area contributed by atoms with Crippen LogP contribution >= 0.6 is 24.8 Å². The Bertz CT molecular complexity index is 209. The van der Waals surface area contributed by atoms with E-state index in [2.05, 4.69) is 20.8 Å². The average Bonchev–Trinajstić information content (AvgIpc) is 2.07. The summed E-state index contributed by atoms with van der Waals surface area (Å²) >= 11 is 1.62. The first kappa shape index (κ1) is 15.6. The minimum absolute atomic E-state index is 0. The van der Waals surface area contributed by atoms with Crippen molar-refractivity contribution in [1.29, 1.82) is 0 Å². The van der Waals surface area contributed by atoms with Gasteiger partial charge in [-0.3, -0.25) is 0 Å². The summed E-state index contributed by atoms with van der Waals surface area (Å²) < 4.78 is 1.70. The molecule has 0 aromatic heterocycles. The number of hydrogen-bond acceptors (Lipinski definition) is 0. The summed E-state index contributed by atoms with van der Waals surface area (Å²) in [6.45, 7) is 6.87. The fraction of sp³-hybridized carbons (Fsp3) is 0.500. The fourth-order valence-corrected chi connectivity index (χ4v) is 3.18. The standard InChI is InChI=1S/C8H13Si.2ClH.Zr/c1-5-4-8(9)7(3)6(5)2;;;/h5H,1-3,9H3;2*1H;. The SMILES string of the molecule is CC1=C(C)C(C)[C]([Zr])=C1[SiH3].Cl.Cl. The van der Waals surface area contributed by atoms with Crippen molar-refractivity contribution in [1.82, 2.24) is 0 Å². The zero-order valence-electron chi connectivity index (χ0n) is 7.89. The van der Waals surface area contributed by atoms with Crippen LogP contribution in [-0.4, -0.2) is 10.2 Å². The number of halogens is 2. The van der Waals surface area contributed by atoms with E-state index in [9.17, 15) is 0 Å². The van der Waals surface area contributed by atoms with Gasteiger partial charge in [-0.15, -0.1) is 24.8 Å². The van der Waals surface area contributed by atoms with E-state index in [4.69, 9.17) is 0 Å². The smallest absolute Gasteiger partial charge is 0.147 e. The van der Waals surface area contributed by atoms with Crippen LogP contribution < -0.4 is 0 Å². The molecule has 4 heteroatoms. The van der Waals surface area contributed by atoms with Gasteiger partial charge in [-0.25, -0.2) is 0 Å². The third-order valence-electron chi connectivity index (χ3n) is 2.64. The van der Waals surface area contributed by atoms with E-state index in [0.717, 1.165) is 5.92 Å². The van der Waals surface area contributed by atoms with Gasteiger partial charge in [-0.05, 0) is 0 Å². The van der Waals surface area contributed by atoms with Crippen LogP contribution in [0.25, 0.3) is 0 Å². The van der Waals surface area contributed by atoms with Gasteiger partial charge in [0, 0.05) is 0 Å². The molecule has 0 heterocycles. The molecular formula is C8H15Cl2SiZr. The quantitative estimate of drug-likeness (QED) is 0.600. The molecule has 1 unspecified atom stereocenters. The Morgan fingerprint density at radius 1 is 1.25 bits per heavy atom. The number of rotatable bonds is 0. The topological polar surface area (TPSA) is 0 Å². The van der Waals surface area contributed by atoms with E-state index in [0.29, 0.717) is 0 Å². The molecule has 0 aromatic rings. The maximum Gasteiger partial charge on any atom is -0.147 e. The monoisotopic (exact) mass is 299 g/mol. The predicted molar refractivity (Wildman–Crippen MR) is 59.0 cm³/mol. The Morgan fingerprint density at radius 2 is 1.67 bits per heavy atom. The first-order valence-corrected chi connectivity index (χ1v) is 5.88. The summed E-state index contributed by atoms with van der Waals surface area (Å²) in [5, 5.41) is 1.68. The van der Waals surface area contributed by atoms with Crippen molar-refractivity contribution < 1.29 is 24.7 Å². The second-order valence-corrected chi connectivity index (χ2v) is 5.39. The van der Waals surface area contributed by atoms with E-state index in [-0.39, 0.29) is 24.8 Å². The third kappa shape index (κ3) is 2.57. The first-order chi connectivity index (χ1) is 4.55. The van der Waals surface area contributed by atoms with E-state index in [1.807, 2.05) is 0 Å². The van der Waals surface area contributed by atoms with Crippen molar-refractivity contribution in [2.24, 2.45) is 5.92 Å². The van der Waals surface area contributed by atoms with Crippen LogP contribution in [0, 0.1) is 5.92 Å². The maximum absolute atomic E-state index is 2.33. The molecule has 1 aliphatic rings. The molecule has 0 N–H and O–H groups in total. The second-order valence-electron chi connectivity index (χ2n) is 3.07. The van der Waals surface area contributed by atoms with E-state index >= 15 is 0 Å². The summed E-state index contributed by atoms with van der Waals surface area (Å²) in [4.78, 5) is 0. The molecule has 0 aliphatic heterocycles. The summed E-state index contributed by atoms with van der Waals surface area (Å²) in [6.07, 6.45) is 0. The molecule has 0 bridgehead atoms. The Kier molecular flexibility index (Phi) is 7.55. The summed E-state index contributed by atoms with van der Waals surface area (Å²) in [6, 6.07) is 0. The molecule has 0 radical (unpaired) electrons. The molecule has 0 fully saturated rings. The number of hydrogen-bond donors (Lipinski definition) is 0. The largest absolute Gasteiger partial charge is 0.147 e. The third-order valence-corrected chi connectivity index (χ3v) is 7.14. The summed E-state index contributed by atoms with van der Waals surface area (Å²) in [5.74, 6) is 0.769. The molecule has 1 atom stereocenters. The molecule has 0 saturated heterocycles. The molecule has 0 amide bonds. The van der Waals surface area contributed by atoms with Gasteiger partial charge in [0.2, 0.25) is 0 Å². The maximum atomic E-state index is 2.33. The average molecular weight is 301 g/mol. The van der Waals surface area contributed by atoms with Crippen LogP contribution in [0.1, 0.15) is 20.8 Å². The van der Waals surface area contributed by atoms with Crippen LogP contribution in [0.5, 0.6) is 0 Å². The van der Waals surface area contributed by atoms with Crippen LogP contribution in [0.2, 0.25) is 0 Å². The van der Waals surface area contributed by atoms with Gasteiger partial charge in [0.15, 0.2) is 0 Å². The van der Waals surface area contributed by atoms with E-state index < -0.39 is 0 Å². The Balaban J connectivity index is 0. The molecule has 69 valence electrons. The van der Waals surface area contributed by atoms with Gasteiger partial charge in [0.1, 0.15) is 0 Å². The number of allylic oxidation sites excluding steroid dienone is 4. The Morgan fingerprint density at radius 3 is 1.75 bits per heavy atom. The molecule has 0 aromatic carbocycles. The van der Waals surface area contributed by atoms with Gasteiger partial charge in [0.25, 0.3) is 0 Å². The molecule has 0 spiro atoms. The molecule has 0 saturated carbocycles. The van der Waals surface area contributed by atoms with Gasteiger partial charge < -0.3 is 0 Å². The van der Waals surface area contributed by atoms with Crippen molar-refractivity contribution in [2.75, 3.05) is 0 Å². The molecule has 1 rings (SSSR count). The van der Waals surface area contributed by atoms with Crippen molar-refractivity contribution in [2.45, 2.75) is 20.8 Å². The Labute approximate surface area is 105 Å². The van der Waals surface area contributed by atoms with Crippen LogP contribution in [-0.2, 0) is 24.7 Å². The first-order valence-electron chi connectivity index (χ1n) is 3.65. The molecule has 1 aliphatic carbocycles. The van der Waals surface area contributed by atoms with Gasteiger partial charge in [-0.1, -0.05) is 0 Å². The van der Waals surface area contributed by atoms with Crippen molar-refractivity contribution >= 4 is 35.1 Å². The molecular weight excluding hydrogens is 286 g/mol.